The van der Waals surface area contributed by atoms with Crippen LogP contribution in [0.1, 0.15) is 32.3 Å². The van der Waals surface area contributed by atoms with E-state index in [9.17, 15) is 10.1 Å². The van der Waals surface area contributed by atoms with Crippen molar-refractivity contribution in [2.75, 3.05) is 6.54 Å². The number of hydrogen-bond donors (Lipinski definition) is 1. The lowest BCUT2D eigenvalue weighted by atomic mass is 10.1. The zero-order valence-corrected chi connectivity index (χ0v) is 10.3. The Kier molecular flexibility index (Phi) is 5.56. The third-order valence-electron chi connectivity index (χ3n) is 2.65. The lowest BCUT2D eigenvalue weighted by Crippen LogP contribution is -2.31. The number of nitro groups is 1. The molecule has 94 valence electrons. The molecule has 1 rings (SSSR count). The molecule has 0 fully saturated rings. The summed E-state index contributed by atoms with van der Waals surface area (Å²) in [5.74, 6) is -0.0942. The minimum atomic E-state index is -0.476. The van der Waals surface area contributed by atoms with Gasteiger partial charge in [-0.1, -0.05) is 13.8 Å². The van der Waals surface area contributed by atoms with Crippen LogP contribution in [-0.4, -0.2) is 22.5 Å². The second-order valence-corrected chi connectivity index (χ2v) is 4.05. The summed E-state index contributed by atoms with van der Waals surface area (Å²) in [4.78, 5) is 13.8. The molecule has 0 aliphatic rings. The van der Waals surface area contributed by atoms with E-state index in [1.54, 1.807) is 12.3 Å². The number of rotatable bonds is 7. The molecule has 1 unspecified atom stereocenters. The first-order valence-corrected chi connectivity index (χ1v) is 6.00. The third-order valence-corrected chi connectivity index (χ3v) is 2.65. The van der Waals surface area contributed by atoms with E-state index in [0.717, 1.165) is 31.4 Å². The van der Waals surface area contributed by atoms with Crippen molar-refractivity contribution in [3.05, 3.63) is 34.0 Å². The first-order valence-electron chi connectivity index (χ1n) is 6.00. The van der Waals surface area contributed by atoms with Crippen molar-refractivity contribution in [2.45, 2.75) is 39.2 Å². The van der Waals surface area contributed by atoms with Gasteiger partial charge in [-0.05, 0) is 47.3 Å². The Morgan fingerprint density at radius 1 is 1.47 bits per heavy atom. The Morgan fingerprint density at radius 2 is 2.24 bits per heavy atom. The molecule has 0 saturated heterocycles. The predicted molar refractivity (Wildman–Crippen MR) is 67.0 cm³/mol. The van der Waals surface area contributed by atoms with Gasteiger partial charge in [0.1, 0.15) is 6.20 Å². The fraction of sp³-hybridized carbons (Fsp3) is 0.583. The Balaban J connectivity index is 2.57. The Morgan fingerprint density at radius 3 is 2.71 bits per heavy atom. The number of aromatic nitrogens is 1. The van der Waals surface area contributed by atoms with E-state index in [2.05, 4.69) is 24.1 Å². The molecule has 0 aliphatic heterocycles. The third kappa shape index (κ3) is 4.48. The van der Waals surface area contributed by atoms with Gasteiger partial charge in [-0.15, -0.1) is 0 Å². The van der Waals surface area contributed by atoms with Crippen LogP contribution in [0.3, 0.4) is 0 Å². The molecule has 5 heteroatoms. The van der Waals surface area contributed by atoms with Crippen LogP contribution in [0.4, 0.5) is 5.82 Å². The minimum absolute atomic E-state index is 0.0942. The summed E-state index contributed by atoms with van der Waals surface area (Å²) in [7, 11) is 0. The Labute approximate surface area is 101 Å². The van der Waals surface area contributed by atoms with Crippen molar-refractivity contribution in [1.29, 1.82) is 0 Å². The van der Waals surface area contributed by atoms with E-state index in [0.29, 0.717) is 6.04 Å². The molecule has 0 saturated carbocycles. The van der Waals surface area contributed by atoms with E-state index in [-0.39, 0.29) is 5.82 Å². The second-order valence-electron chi connectivity index (χ2n) is 4.05. The van der Waals surface area contributed by atoms with Crippen molar-refractivity contribution < 1.29 is 4.92 Å². The van der Waals surface area contributed by atoms with Crippen molar-refractivity contribution in [2.24, 2.45) is 0 Å². The van der Waals surface area contributed by atoms with E-state index < -0.39 is 4.92 Å². The molecule has 0 spiro atoms. The average Bonchev–Trinajstić information content (AvgIpc) is 2.35. The van der Waals surface area contributed by atoms with Crippen LogP contribution < -0.4 is 5.32 Å². The van der Waals surface area contributed by atoms with E-state index >= 15 is 0 Å². The largest absolute Gasteiger partial charge is 0.363 e. The van der Waals surface area contributed by atoms with Crippen molar-refractivity contribution in [3.8, 4) is 0 Å². The van der Waals surface area contributed by atoms with Gasteiger partial charge in [0, 0.05) is 12.1 Å². The fourth-order valence-corrected chi connectivity index (χ4v) is 1.64. The summed E-state index contributed by atoms with van der Waals surface area (Å²) in [6.45, 7) is 5.26. The van der Waals surface area contributed by atoms with Crippen molar-refractivity contribution >= 4 is 5.82 Å². The molecule has 1 aromatic rings. The van der Waals surface area contributed by atoms with Gasteiger partial charge in [0.05, 0.1) is 0 Å². The smallest absolute Gasteiger partial charge is 0.358 e. The maximum Gasteiger partial charge on any atom is 0.363 e. The molecule has 0 aliphatic carbocycles. The maximum atomic E-state index is 10.5. The van der Waals surface area contributed by atoms with Crippen LogP contribution in [0, 0.1) is 10.1 Å². The Hall–Kier alpha value is -1.49. The highest BCUT2D eigenvalue weighted by Crippen LogP contribution is 2.10. The van der Waals surface area contributed by atoms with Gasteiger partial charge in [0.2, 0.25) is 0 Å². The lowest BCUT2D eigenvalue weighted by Gasteiger charge is -2.15. The maximum absolute atomic E-state index is 10.5. The molecule has 0 radical (unpaired) electrons. The number of nitrogens with zero attached hydrogens (tertiary/aromatic N) is 2. The average molecular weight is 237 g/mol. The molecular weight excluding hydrogens is 218 g/mol. The zero-order chi connectivity index (χ0) is 12.7. The second kappa shape index (κ2) is 6.96. The van der Waals surface area contributed by atoms with Gasteiger partial charge in [-0.25, -0.2) is 0 Å². The molecule has 0 aromatic carbocycles. The molecule has 0 amide bonds. The fourth-order valence-electron chi connectivity index (χ4n) is 1.64. The summed E-state index contributed by atoms with van der Waals surface area (Å²) in [5, 5.41) is 13.9. The van der Waals surface area contributed by atoms with Crippen LogP contribution in [0.5, 0.6) is 0 Å². The Bertz CT molecular complexity index is 351. The molecule has 17 heavy (non-hydrogen) atoms. The van der Waals surface area contributed by atoms with E-state index in [1.165, 1.54) is 6.07 Å². The van der Waals surface area contributed by atoms with Gasteiger partial charge in [0.25, 0.3) is 0 Å². The summed E-state index contributed by atoms with van der Waals surface area (Å²) in [5.41, 5.74) is 1.03. The molecule has 1 N–H and O–H groups in total. The lowest BCUT2D eigenvalue weighted by molar-refractivity contribution is -0.389. The topological polar surface area (TPSA) is 68.1 Å². The van der Waals surface area contributed by atoms with Gasteiger partial charge in [-0.2, -0.15) is 0 Å². The summed E-state index contributed by atoms with van der Waals surface area (Å²) in [6.07, 6.45) is 4.60. The number of hydrogen-bond acceptors (Lipinski definition) is 4. The SMILES string of the molecule is CCCNC(CC)Cc1ccc([N+](=O)[O-])nc1. The van der Waals surface area contributed by atoms with Crippen LogP contribution in [0.25, 0.3) is 0 Å². The van der Waals surface area contributed by atoms with Crippen LogP contribution >= 0.6 is 0 Å². The normalized spacial score (nSPS) is 12.4. The molecule has 0 bridgehead atoms. The van der Waals surface area contributed by atoms with Gasteiger partial charge < -0.3 is 15.4 Å². The first-order chi connectivity index (χ1) is 8.17. The quantitative estimate of drug-likeness (QED) is 0.583. The van der Waals surface area contributed by atoms with Crippen molar-refractivity contribution in [1.82, 2.24) is 10.3 Å². The highest BCUT2D eigenvalue weighted by atomic mass is 16.6. The van der Waals surface area contributed by atoms with Crippen LogP contribution in [-0.2, 0) is 6.42 Å². The highest BCUT2D eigenvalue weighted by molar-refractivity contribution is 5.23. The number of pyridine rings is 1. The van der Waals surface area contributed by atoms with Gasteiger partial charge in [0.15, 0.2) is 0 Å². The number of nitrogens with one attached hydrogen (secondary N) is 1. The first kappa shape index (κ1) is 13.6. The standard InChI is InChI=1S/C12H19N3O2/c1-3-7-13-11(4-2)8-10-5-6-12(14-9-10)15(16)17/h5-6,9,11,13H,3-4,7-8H2,1-2H3. The van der Waals surface area contributed by atoms with Crippen molar-refractivity contribution in [3.63, 3.8) is 0 Å². The van der Waals surface area contributed by atoms with E-state index in [1.807, 2.05) is 0 Å². The zero-order valence-electron chi connectivity index (χ0n) is 10.3. The van der Waals surface area contributed by atoms with Gasteiger partial charge in [-0.3, -0.25) is 0 Å². The van der Waals surface area contributed by atoms with Crippen LogP contribution in [0.15, 0.2) is 18.3 Å². The van der Waals surface area contributed by atoms with E-state index in [4.69, 9.17) is 0 Å². The molecule has 1 aromatic heterocycles. The molecule has 1 heterocycles. The highest BCUT2D eigenvalue weighted by Gasteiger charge is 2.10. The monoisotopic (exact) mass is 237 g/mol. The summed E-state index contributed by atoms with van der Waals surface area (Å²) >= 11 is 0. The van der Waals surface area contributed by atoms with Gasteiger partial charge >= 0.3 is 5.82 Å². The molecule has 1 atom stereocenters. The van der Waals surface area contributed by atoms with Crippen LogP contribution in [0.2, 0.25) is 0 Å². The summed E-state index contributed by atoms with van der Waals surface area (Å²) in [6, 6.07) is 3.65. The molecular formula is C12H19N3O2. The summed E-state index contributed by atoms with van der Waals surface area (Å²) < 4.78 is 0. The molecule has 5 nitrogen and oxygen atoms in total. The minimum Gasteiger partial charge on any atom is -0.358 e. The predicted octanol–water partition coefficient (Wildman–Crippen LogP) is 2.31.